The summed E-state index contributed by atoms with van der Waals surface area (Å²) in [6.07, 6.45) is 8.74. The Kier molecular flexibility index (Phi) is 3.74. The maximum absolute atomic E-state index is 4.18. The zero-order valence-corrected chi connectivity index (χ0v) is 11.6. The first-order valence-corrected chi connectivity index (χ1v) is 6.83. The van der Waals surface area contributed by atoms with E-state index in [1.165, 1.54) is 21.9 Å². The third kappa shape index (κ3) is 2.86. The highest BCUT2D eigenvalue weighted by atomic mass is 15.2. The summed E-state index contributed by atoms with van der Waals surface area (Å²) < 4.78 is 1.84. The van der Waals surface area contributed by atoms with E-state index in [0.717, 1.165) is 19.5 Å². The van der Waals surface area contributed by atoms with Crippen LogP contribution < -0.4 is 5.32 Å². The van der Waals surface area contributed by atoms with E-state index < -0.39 is 0 Å². The van der Waals surface area contributed by atoms with E-state index in [2.05, 4.69) is 45.9 Å². The highest BCUT2D eigenvalue weighted by Gasteiger charge is 2.00. The molecule has 3 rings (SSSR count). The largest absolute Gasteiger partial charge is 0.312 e. The Bertz CT molecular complexity index is 697. The van der Waals surface area contributed by atoms with Crippen LogP contribution in [0.4, 0.5) is 0 Å². The topological polar surface area (TPSA) is 42.7 Å². The quantitative estimate of drug-likeness (QED) is 0.721. The molecular weight excluding hydrogens is 248 g/mol. The highest BCUT2D eigenvalue weighted by Crippen LogP contribution is 2.17. The third-order valence-electron chi connectivity index (χ3n) is 3.44. The number of benzene rings is 1. The summed E-state index contributed by atoms with van der Waals surface area (Å²) >= 11 is 0. The minimum atomic E-state index is 0.877. The molecule has 0 radical (unpaired) electrons. The minimum absolute atomic E-state index is 0.877. The van der Waals surface area contributed by atoms with Crippen molar-refractivity contribution < 1.29 is 0 Å². The fourth-order valence-corrected chi connectivity index (χ4v) is 2.40. The van der Waals surface area contributed by atoms with Crippen molar-refractivity contribution in [1.29, 1.82) is 0 Å². The van der Waals surface area contributed by atoms with Crippen molar-refractivity contribution in [2.75, 3.05) is 6.54 Å². The van der Waals surface area contributed by atoms with Gasteiger partial charge in [0, 0.05) is 37.6 Å². The van der Waals surface area contributed by atoms with Crippen LogP contribution in [0.25, 0.3) is 10.8 Å². The van der Waals surface area contributed by atoms with Crippen molar-refractivity contribution in [1.82, 2.24) is 20.1 Å². The fraction of sp³-hybridized carbons (Fsp3) is 0.250. The van der Waals surface area contributed by atoms with E-state index in [1.54, 1.807) is 0 Å². The van der Waals surface area contributed by atoms with Gasteiger partial charge in [-0.3, -0.25) is 9.67 Å². The van der Waals surface area contributed by atoms with Crippen LogP contribution in [0.3, 0.4) is 0 Å². The van der Waals surface area contributed by atoms with Gasteiger partial charge in [-0.1, -0.05) is 18.2 Å². The summed E-state index contributed by atoms with van der Waals surface area (Å²) in [4.78, 5) is 4.16. The van der Waals surface area contributed by atoms with Gasteiger partial charge in [0.05, 0.1) is 6.20 Å². The molecule has 102 valence electrons. The molecule has 4 nitrogen and oxygen atoms in total. The molecule has 0 aliphatic heterocycles. The standard InChI is InChI=1S/C16H18N4/c1-20-12-13(9-19-20)5-7-17-10-14-3-2-4-15-11-18-8-6-16(14)15/h2-4,6,8-9,11-12,17H,5,7,10H2,1H3. The van der Waals surface area contributed by atoms with E-state index in [-0.39, 0.29) is 0 Å². The predicted octanol–water partition coefficient (Wildman–Crippen LogP) is 2.30. The zero-order chi connectivity index (χ0) is 13.8. The van der Waals surface area contributed by atoms with Gasteiger partial charge in [0.2, 0.25) is 0 Å². The number of pyridine rings is 1. The van der Waals surface area contributed by atoms with E-state index in [9.17, 15) is 0 Å². The third-order valence-corrected chi connectivity index (χ3v) is 3.44. The summed E-state index contributed by atoms with van der Waals surface area (Å²) in [5, 5.41) is 10.1. The van der Waals surface area contributed by atoms with E-state index in [4.69, 9.17) is 0 Å². The van der Waals surface area contributed by atoms with E-state index >= 15 is 0 Å². The minimum Gasteiger partial charge on any atom is -0.312 e. The average molecular weight is 266 g/mol. The van der Waals surface area contributed by atoms with Crippen LogP contribution in [0.15, 0.2) is 49.1 Å². The molecule has 0 unspecified atom stereocenters. The number of hydrogen-bond acceptors (Lipinski definition) is 3. The van der Waals surface area contributed by atoms with Gasteiger partial charge in [-0.25, -0.2) is 0 Å². The van der Waals surface area contributed by atoms with Crippen LogP contribution in [0, 0.1) is 0 Å². The van der Waals surface area contributed by atoms with Gasteiger partial charge >= 0.3 is 0 Å². The summed E-state index contributed by atoms with van der Waals surface area (Å²) in [7, 11) is 1.95. The van der Waals surface area contributed by atoms with Crippen molar-refractivity contribution in [2.45, 2.75) is 13.0 Å². The second-order valence-corrected chi connectivity index (χ2v) is 4.96. The normalized spacial score (nSPS) is 11.1. The lowest BCUT2D eigenvalue weighted by Crippen LogP contribution is -2.16. The molecule has 0 amide bonds. The molecule has 0 aliphatic rings. The number of aryl methyl sites for hydroxylation is 1. The van der Waals surface area contributed by atoms with Gasteiger partial charge in [-0.2, -0.15) is 5.10 Å². The summed E-state index contributed by atoms with van der Waals surface area (Å²) in [5.41, 5.74) is 2.58. The molecule has 0 atom stereocenters. The number of hydrogen-bond donors (Lipinski definition) is 1. The Hall–Kier alpha value is -2.20. The Morgan fingerprint density at radius 1 is 1.20 bits per heavy atom. The number of nitrogens with one attached hydrogen (secondary N) is 1. The average Bonchev–Trinajstić information content (AvgIpc) is 2.89. The van der Waals surface area contributed by atoms with Gasteiger partial charge in [-0.15, -0.1) is 0 Å². The Labute approximate surface area is 118 Å². The molecule has 2 heterocycles. The van der Waals surface area contributed by atoms with Crippen LogP contribution in [0.5, 0.6) is 0 Å². The SMILES string of the molecule is Cn1cc(CCNCc2cccc3cnccc23)cn1. The first-order chi connectivity index (χ1) is 9.83. The van der Waals surface area contributed by atoms with Crippen molar-refractivity contribution in [3.63, 3.8) is 0 Å². The molecule has 0 spiro atoms. The van der Waals surface area contributed by atoms with E-state index in [0.29, 0.717) is 0 Å². The lowest BCUT2D eigenvalue weighted by molar-refractivity contribution is 0.689. The van der Waals surface area contributed by atoms with Crippen molar-refractivity contribution in [3.8, 4) is 0 Å². The number of aromatic nitrogens is 3. The Balaban J connectivity index is 1.60. The Morgan fingerprint density at radius 3 is 3.00 bits per heavy atom. The lowest BCUT2D eigenvalue weighted by Gasteiger charge is -2.07. The molecule has 2 aromatic heterocycles. The van der Waals surface area contributed by atoms with Gasteiger partial charge in [0.1, 0.15) is 0 Å². The van der Waals surface area contributed by atoms with Crippen LogP contribution in [0.1, 0.15) is 11.1 Å². The lowest BCUT2D eigenvalue weighted by atomic mass is 10.1. The summed E-state index contributed by atoms with van der Waals surface area (Å²) in [5.74, 6) is 0. The van der Waals surface area contributed by atoms with Gasteiger partial charge < -0.3 is 5.32 Å². The molecule has 20 heavy (non-hydrogen) atoms. The molecular formula is C16H18N4. The first kappa shape index (κ1) is 12.8. The molecule has 4 heteroatoms. The van der Waals surface area contributed by atoms with Gasteiger partial charge in [0.15, 0.2) is 0 Å². The van der Waals surface area contributed by atoms with Crippen LogP contribution in [-0.4, -0.2) is 21.3 Å². The number of fused-ring (bicyclic) bond motifs is 1. The smallest absolute Gasteiger partial charge is 0.0522 e. The fourth-order valence-electron chi connectivity index (χ4n) is 2.40. The molecule has 0 aliphatic carbocycles. The van der Waals surface area contributed by atoms with Crippen LogP contribution >= 0.6 is 0 Å². The van der Waals surface area contributed by atoms with Crippen molar-refractivity contribution in [2.24, 2.45) is 7.05 Å². The second kappa shape index (κ2) is 5.84. The number of rotatable bonds is 5. The highest BCUT2D eigenvalue weighted by molar-refractivity contribution is 5.84. The molecule has 0 saturated heterocycles. The maximum atomic E-state index is 4.18. The van der Waals surface area contributed by atoms with Crippen LogP contribution in [-0.2, 0) is 20.0 Å². The van der Waals surface area contributed by atoms with Gasteiger partial charge in [0.25, 0.3) is 0 Å². The first-order valence-electron chi connectivity index (χ1n) is 6.83. The molecule has 0 fully saturated rings. The molecule has 3 aromatic rings. The predicted molar refractivity (Wildman–Crippen MR) is 80.4 cm³/mol. The van der Waals surface area contributed by atoms with E-state index in [1.807, 2.05) is 30.3 Å². The molecule has 0 bridgehead atoms. The maximum Gasteiger partial charge on any atom is 0.0522 e. The summed E-state index contributed by atoms with van der Waals surface area (Å²) in [6.45, 7) is 1.83. The monoisotopic (exact) mass is 266 g/mol. The van der Waals surface area contributed by atoms with Crippen LogP contribution in [0.2, 0.25) is 0 Å². The molecule has 1 N–H and O–H groups in total. The molecule has 1 aromatic carbocycles. The Morgan fingerprint density at radius 2 is 2.15 bits per heavy atom. The number of nitrogens with zero attached hydrogens (tertiary/aromatic N) is 3. The molecule has 0 saturated carbocycles. The van der Waals surface area contributed by atoms with Gasteiger partial charge in [-0.05, 0) is 35.5 Å². The second-order valence-electron chi connectivity index (χ2n) is 4.96. The van der Waals surface area contributed by atoms with Crippen molar-refractivity contribution >= 4 is 10.8 Å². The summed E-state index contributed by atoms with van der Waals surface area (Å²) in [6, 6.07) is 8.43. The zero-order valence-electron chi connectivity index (χ0n) is 11.6. The van der Waals surface area contributed by atoms with Crippen molar-refractivity contribution in [3.05, 3.63) is 60.2 Å².